The highest BCUT2D eigenvalue weighted by atomic mass is 32.1. The Morgan fingerprint density at radius 1 is 1.25 bits per heavy atom. The number of thiol groups is 1. The van der Waals surface area contributed by atoms with E-state index in [1.807, 2.05) is 17.0 Å². The second-order valence-electron chi connectivity index (χ2n) is 4.37. The molecule has 1 rings (SSSR count). The molecule has 0 bridgehead atoms. The molecule has 0 radical (unpaired) electrons. The van der Waals surface area contributed by atoms with E-state index in [0.717, 1.165) is 38.1 Å². The molecule has 16 heavy (non-hydrogen) atoms. The summed E-state index contributed by atoms with van der Waals surface area (Å²) in [5.41, 5.74) is 0.125. The van der Waals surface area contributed by atoms with Crippen LogP contribution in [0.15, 0.2) is 17.2 Å². The Bertz CT molecular complexity index is 356. The summed E-state index contributed by atoms with van der Waals surface area (Å²) < 4.78 is 3.59. The lowest BCUT2D eigenvalue weighted by molar-refractivity contribution is 0.461. The fourth-order valence-electron chi connectivity index (χ4n) is 1.76. The number of hydrogen-bond acceptors (Lipinski definition) is 2. The molecule has 0 fully saturated rings. The number of rotatable bonds is 7. The fraction of sp³-hybridized carbons (Fsp3) is 0.750. The van der Waals surface area contributed by atoms with E-state index < -0.39 is 0 Å². The minimum absolute atomic E-state index is 0.125. The van der Waals surface area contributed by atoms with Crippen LogP contribution in [0, 0.1) is 5.92 Å². The summed E-state index contributed by atoms with van der Waals surface area (Å²) in [6.07, 6.45) is 6.95. The predicted molar refractivity (Wildman–Crippen MR) is 71.2 cm³/mol. The quantitative estimate of drug-likeness (QED) is 0.730. The maximum absolute atomic E-state index is 11.8. The molecule has 1 unspecified atom stereocenters. The van der Waals surface area contributed by atoms with E-state index in [-0.39, 0.29) is 5.69 Å². The lowest BCUT2D eigenvalue weighted by atomic mass is 10.1. The third-order valence-electron chi connectivity index (χ3n) is 2.87. The molecule has 0 aliphatic rings. The highest BCUT2D eigenvalue weighted by Crippen LogP contribution is 2.09. The van der Waals surface area contributed by atoms with E-state index in [4.69, 9.17) is 0 Å². The first-order valence-electron chi connectivity index (χ1n) is 6.05. The molecule has 0 N–H and O–H groups in total. The number of aromatic nitrogens is 2. The Morgan fingerprint density at radius 3 is 2.44 bits per heavy atom. The molecule has 0 aromatic carbocycles. The number of imidazole rings is 1. The number of aryl methyl sites for hydroxylation is 2. The first-order chi connectivity index (χ1) is 7.69. The van der Waals surface area contributed by atoms with Gasteiger partial charge in [-0.1, -0.05) is 13.8 Å². The second kappa shape index (κ2) is 6.84. The third-order valence-corrected chi connectivity index (χ3v) is 3.13. The summed E-state index contributed by atoms with van der Waals surface area (Å²) in [5, 5.41) is 0. The van der Waals surface area contributed by atoms with Crippen molar-refractivity contribution in [2.24, 2.45) is 5.92 Å². The Kier molecular flexibility index (Phi) is 5.74. The average Bonchev–Trinajstić information content (AvgIpc) is 2.59. The van der Waals surface area contributed by atoms with E-state index in [1.165, 1.54) is 0 Å². The first-order valence-corrected chi connectivity index (χ1v) is 6.68. The van der Waals surface area contributed by atoms with Gasteiger partial charge >= 0.3 is 5.69 Å². The van der Waals surface area contributed by atoms with Gasteiger partial charge in [0, 0.05) is 25.5 Å². The summed E-state index contributed by atoms with van der Waals surface area (Å²) >= 11 is 4.22. The molecule has 0 saturated heterocycles. The Labute approximate surface area is 103 Å². The Balaban J connectivity index is 2.51. The molecule has 4 heteroatoms. The smallest absolute Gasteiger partial charge is 0.299 e. The van der Waals surface area contributed by atoms with Gasteiger partial charge in [-0.05, 0) is 30.9 Å². The third kappa shape index (κ3) is 3.74. The van der Waals surface area contributed by atoms with Crippen LogP contribution in [0.2, 0.25) is 0 Å². The normalized spacial score (nSPS) is 12.9. The van der Waals surface area contributed by atoms with E-state index in [9.17, 15) is 4.79 Å². The molecule has 1 aromatic heterocycles. The molecule has 92 valence electrons. The van der Waals surface area contributed by atoms with Gasteiger partial charge < -0.3 is 0 Å². The van der Waals surface area contributed by atoms with Crippen LogP contribution in [-0.4, -0.2) is 14.9 Å². The minimum atomic E-state index is 0.125. The van der Waals surface area contributed by atoms with Gasteiger partial charge in [-0.15, -0.1) is 0 Å². The highest BCUT2D eigenvalue weighted by Gasteiger charge is 2.05. The van der Waals surface area contributed by atoms with Crippen molar-refractivity contribution in [3.8, 4) is 0 Å². The predicted octanol–water partition coefficient (Wildman–Crippen LogP) is 2.41. The lowest BCUT2D eigenvalue weighted by Gasteiger charge is -2.09. The standard InChI is InChI=1S/C12H22N2OS/c1-3-6-13-8-9-14(12(13)15)7-4-11(2)5-10-16/h8-9,11,16H,3-7,10H2,1-2H3. The molecule has 0 aliphatic carbocycles. The van der Waals surface area contributed by atoms with E-state index in [2.05, 4.69) is 26.5 Å². The van der Waals surface area contributed by atoms with Gasteiger partial charge in [0.25, 0.3) is 0 Å². The zero-order valence-electron chi connectivity index (χ0n) is 10.2. The van der Waals surface area contributed by atoms with E-state index in [0.29, 0.717) is 5.92 Å². The van der Waals surface area contributed by atoms with Crippen LogP contribution >= 0.6 is 12.6 Å². The molecule has 0 aliphatic heterocycles. The topological polar surface area (TPSA) is 26.9 Å². The molecule has 1 aromatic rings. The molecule has 3 nitrogen and oxygen atoms in total. The molecule has 1 atom stereocenters. The molecule has 0 amide bonds. The number of nitrogens with zero attached hydrogens (tertiary/aromatic N) is 2. The summed E-state index contributed by atoms with van der Waals surface area (Å²) in [6, 6.07) is 0. The Morgan fingerprint density at radius 2 is 1.88 bits per heavy atom. The molecule has 0 saturated carbocycles. The summed E-state index contributed by atoms with van der Waals surface area (Å²) in [6.45, 7) is 5.94. The van der Waals surface area contributed by atoms with Gasteiger partial charge in [0.2, 0.25) is 0 Å². The van der Waals surface area contributed by atoms with Crippen LogP contribution in [0.1, 0.15) is 33.1 Å². The maximum Gasteiger partial charge on any atom is 0.328 e. The summed E-state index contributed by atoms with van der Waals surface area (Å²) in [4.78, 5) is 11.8. The van der Waals surface area contributed by atoms with Crippen LogP contribution < -0.4 is 5.69 Å². The fourth-order valence-corrected chi connectivity index (χ4v) is 2.20. The van der Waals surface area contributed by atoms with E-state index >= 15 is 0 Å². The molecule has 0 spiro atoms. The van der Waals surface area contributed by atoms with Crippen molar-refractivity contribution in [2.45, 2.75) is 46.2 Å². The van der Waals surface area contributed by atoms with Gasteiger partial charge in [-0.3, -0.25) is 9.13 Å². The van der Waals surface area contributed by atoms with Crippen LogP contribution in [0.25, 0.3) is 0 Å². The second-order valence-corrected chi connectivity index (χ2v) is 4.82. The van der Waals surface area contributed by atoms with Gasteiger partial charge in [-0.25, -0.2) is 4.79 Å². The van der Waals surface area contributed by atoms with Crippen molar-refractivity contribution in [1.82, 2.24) is 9.13 Å². The average molecular weight is 242 g/mol. The van der Waals surface area contributed by atoms with Crippen molar-refractivity contribution in [3.05, 3.63) is 22.9 Å². The largest absolute Gasteiger partial charge is 0.328 e. The molecular formula is C12H22N2OS. The maximum atomic E-state index is 11.8. The zero-order chi connectivity index (χ0) is 12.0. The monoisotopic (exact) mass is 242 g/mol. The zero-order valence-corrected chi connectivity index (χ0v) is 11.1. The SMILES string of the molecule is CCCn1ccn(CCC(C)CCS)c1=O. The van der Waals surface area contributed by atoms with Crippen molar-refractivity contribution in [3.63, 3.8) is 0 Å². The van der Waals surface area contributed by atoms with Crippen molar-refractivity contribution in [1.29, 1.82) is 0 Å². The van der Waals surface area contributed by atoms with Crippen molar-refractivity contribution in [2.75, 3.05) is 5.75 Å². The van der Waals surface area contributed by atoms with E-state index in [1.54, 1.807) is 4.57 Å². The Hall–Kier alpha value is -0.640. The van der Waals surface area contributed by atoms with Gasteiger partial charge in [0.05, 0.1) is 0 Å². The molecule has 1 heterocycles. The van der Waals surface area contributed by atoms with Crippen molar-refractivity contribution < 1.29 is 0 Å². The summed E-state index contributed by atoms with van der Waals surface area (Å²) in [5.74, 6) is 1.56. The first kappa shape index (κ1) is 13.4. The van der Waals surface area contributed by atoms with Crippen LogP contribution in [0.4, 0.5) is 0 Å². The van der Waals surface area contributed by atoms with Crippen molar-refractivity contribution >= 4 is 12.6 Å². The molecular weight excluding hydrogens is 220 g/mol. The minimum Gasteiger partial charge on any atom is -0.299 e. The van der Waals surface area contributed by atoms with Gasteiger partial charge in [0.15, 0.2) is 0 Å². The summed E-state index contributed by atoms with van der Waals surface area (Å²) in [7, 11) is 0. The number of hydrogen-bond donors (Lipinski definition) is 1. The van der Waals surface area contributed by atoms with Gasteiger partial charge in [0.1, 0.15) is 0 Å². The van der Waals surface area contributed by atoms with Crippen LogP contribution in [0.5, 0.6) is 0 Å². The highest BCUT2D eigenvalue weighted by molar-refractivity contribution is 7.80. The van der Waals surface area contributed by atoms with Crippen LogP contribution in [-0.2, 0) is 13.1 Å². The van der Waals surface area contributed by atoms with Crippen LogP contribution in [0.3, 0.4) is 0 Å². The lowest BCUT2D eigenvalue weighted by Crippen LogP contribution is -2.24. The van der Waals surface area contributed by atoms with Gasteiger partial charge in [-0.2, -0.15) is 12.6 Å².